The maximum atomic E-state index is 13.3. The Labute approximate surface area is 114 Å². The molecule has 0 saturated carbocycles. The van der Waals surface area contributed by atoms with Gasteiger partial charge in [-0.1, -0.05) is 13.0 Å². The third-order valence-corrected chi connectivity index (χ3v) is 4.29. The van der Waals surface area contributed by atoms with Gasteiger partial charge in [-0.25, -0.2) is 4.39 Å². The topological polar surface area (TPSA) is 26.3 Å². The summed E-state index contributed by atoms with van der Waals surface area (Å²) >= 11 is 0. The van der Waals surface area contributed by atoms with E-state index >= 15 is 0 Å². The molecule has 104 valence electrons. The SMILES string of the molecule is Cc1ccc(F)cc1CC(=O)C1C(C)OC(C)C1C. The highest BCUT2D eigenvalue weighted by Crippen LogP contribution is 2.33. The molecule has 0 amide bonds. The molecule has 1 aliphatic heterocycles. The fraction of sp³-hybridized carbons (Fsp3) is 0.562. The highest BCUT2D eigenvalue weighted by molar-refractivity contribution is 5.84. The molecule has 0 N–H and O–H groups in total. The van der Waals surface area contributed by atoms with Gasteiger partial charge in [-0.3, -0.25) is 4.79 Å². The Morgan fingerprint density at radius 1 is 1.26 bits per heavy atom. The summed E-state index contributed by atoms with van der Waals surface area (Å²) < 4.78 is 19.0. The molecule has 0 radical (unpaired) electrons. The van der Waals surface area contributed by atoms with E-state index in [9.17, 15) is 9.18 Å². The largest absolute Gasteiger partial charge is 0.375 e. The van der Waals surface area contributed by atoms with Gasteiger partial charge in [0.05, 0.1) is 12.2 Å². The molecule has 0 bridgehead atoms. The van der Waals surface area contributed by atoms with Gasteiger partial charge < -0.3 is 4.74 Å². The second-order valence-corrected chi connectivity index (χ2v) is 5.65. The first-order chi connectivity index (χ1) is 8.90. The van der Waals surface area contributed by atoms with Crippen LogP contribution in [0.15, 0.2) is 18.2 Å². The van der Waals surface area contributed by atoms with E-state index in [2.05, 4.69) is 6.92 Å². The lowest BCUT2D eigenvalue weighted by Gasteiger charge is -2.17. The molecule has 4 unspecified atom stereocenters. The second kappa shape index (κ2) is 5.41. The van der Waals surface area contributed by atoms with Crippen molar-refractivity contribution in [3.05, 3.63) is 35.1 Å². The molecule has 0 aromatic heterocycles. The summed E-state index contributed by atoms with van der Waals surface area (Å²) in [4.78, 5) is 12.4. The zero-order chi connectivity index (χ0) is 14.2. The number of hydrogen-bond acceptors (Lipinski definition) is 2. The fourth-order valence-electron chi connectivity index (χ4n) is 2.96. The Morgan fingerprint density at radius 2 is 1.95 bits per heavy atom. The number of ether oxygens (including phenoxy) is 1. The number of Topliss-reactive ketones (excluding diaryl/α,β-unsaturated/α-hetero) is 1. The van der Waals surface area contributed by atoms with Crippen LogP contribution in [0, 0.1) is 24.6 Å². The van der Waals surface area contributed by atoms with Gasteiger partial charge in [0, 0.05) is 12.3 Å². The van der Waals surface area contributed by atoms with E-state index in [1.54, 1.807) is 6.07 Å². The lowest BCUT2D eigenvalue weighted by molar-refractivity contribution is -0.124. The van der Waals surface area contributed by atoms with Crippen LogP contribution in [-0.2, 0) is 16.0 Å². The standard InChI is InChI=1S/C16H21FO2/c1-9-5-6-14(17)7-13(9)8-15(18)16-10(2)11(3)19-12(16)4/h5-7,10-12,16H,8H2,1-4H3. The molecule has 1 aromatic rings. The van der Waals surface area contributed by atoms with Gasteiger partial charge in [-0.2, -0.15) is 0 Å². The van der Waals surface area contributed by atoms with Crippen LogP contribution in [0.4, 0.5) is 4.39 Å². The minimum atomic E-state index is -0.287. The average molecular weight is 264 g/mol. The van der Waals surface area contributed by atoms with Gasteiger partial charge >= 0.3 is 0 Å². The van der Waals surface area contributed by atoms with Crippen molar-refractivity contribution in [2.45, 2.75) is 46.3 Å². The molecule has 1 aliphatic rings. The van der Waals surface area contributed by atoms with E-state index < -0.39 is 0 Å². The molecular formula is C16H21FO2. The average Bonchev–Trinajstić information content (AvgIpc) is 2.58. The number of benzene rings is 1. The minimum Gasteiger partial charge on any atom is -0.375 e. The van der Waals surface area contributed by atoms with Crippen molar-refractivity contribution in [1.29, 1.82) is 0 Å². The molecule has 0 spiro atoms. The van der Waals surface area contributed by atoms with E-state index in [-0.39, 0.29) is 35.6 Å². The zero-order valence-electron chi connectivity index (χ0n) is 11.9. The molecule has 2 rings (SSSR count). The van der Waals surface area contributed by atoms with Crippen molar-refractivity contribution >= 4 is 5.78 Å². The summed E-state index contributed by atoms with van der Waals surface area (Å²) in [7, 11) is 0. The smallest absolute Gasteiger partial charge is 0.143 e. The van der Waals surface area contributed by atoms with E-state index in [1.165, 1.54) is 12.1 Å². The van der Waals surface area contributed by atoms with Crippen molar-refractivity contribution in [1.82, 2.24) is 0 Å². The molecule has 1 saturated heterocycles. The summed E-state index contributed by atoms with van der Waals surface area (Å²) in [5.74, 6) is -0.00220. The van der Waals surface area contributed by atoms with Crippen LogP contribution in [0.3, 0.4) is 0 Å². The van der Waals surface area contributed by atoms with E-state index in [1.807, 2.05) is 20.8 Å². The molecule has 3 heteroatoms. The highest BCUT2D eigenvalue weighted by atomic mass is 19.1. The fourth-order valence-corrected chi connectivity index (χ4v) is 2.96. The van der Waals surface area contributed by atoms with Gasteiger partial charge in [0.1, 0.15) is 11.6 Å². The number of carbonyl (C=O) groups excluding carboxylic acids is 1. The van der Waals surface area contributed by atoms with Gasteiger partial charge in [-0.05, 0) is 49.9 Å². The summed E-state index contributed by atoms with van der Waals surface area (Å²) in [6.45, 7) is 7.90. The number of carbonyl (C=O) groups is 1. The highest BCUT2D eigenvalue weighted by Gasteiger charge is 2.41. The number of rotatable bonds is 3. The number of halogens is 1. The van der Waals surface area contributed by atoms with Crippen molar-refractivity contribution in [3.63, 3.8) is 0 Å². The molecule has 4 atom stereocenters. The Bertz CT molecular complexity index is 484. The maximum Gasteiger partial charge on any atom is 0.143 e. The van der Waals surface area contributed by atoms with Crippen LogP contribution in [0.25, 0.3) is 0 Å². The predicted molar refractivity (Wildman–Crippen MR) is 72.5 cm³/mol. The molecular weight excluding hydrogens is 243 g/mol. The molecule has 1 heterocycles. The van der Waals surface area contributed by atoms with Crippen LogP contribution >= 0.6 is 0 Å². The van der Waals surface area contributed by atoms with Crippen molar-refractivity contribution in [3.8, 4) is 0 Å². The van der Waals surface area contributed by atoms with Crippen LogP contribution < -0.4 is 0 Å². The number of ketones is 1. The summed E-state index contributed by atoms with van der Waals surface area (Å²) in [6, 6.07) is 4.61. The lowest BCUT2D eigenvalue weighted by Crippen LogP contribution is -2.28. The van der Waals surface area contributed by atoms with E-state index in [4.69, 9.17) is 4.74 Å². The molecule has 1 fully saturated rings. The van der Waals surface area contributed by atoms with Crippen LogP contribution in [0.1, 0.15) is 31.9 Å². The molecule has 2 nitrogen and oxygen atoms in total. The van der Waals surface area contributed by atoms with E-state index in [0.29, 0.717) is 6.42 Å². The molecule has 0 aliphatic carbocycles. The van der Waals surface area contributed by atoms with Crippen molar-refractivity contribution in [2.24, 2.45) is 11.8 Å². The first-order valence-corrected chi connectivity index (χ1v) is 6.83. The predicted octanol–water partition coefficient (Wildman–Crippen LogP) is 3.31. The minimum absolute atomic E-state index is 0.0497. The summed E-state index contributed by atoms with van der Waals surface area (Å²) in [5, 5.41) is 0. The van der Waals surface area contributed by atoms with Crippen molar-refractivity contribution in [2.75, 3.05) is 0 Å². The number of aryl methyl sites for hydroxylation is 1. The second-order valence-electron chi connectivity index (χ2n) is 5.65. The van der Waals surface area contributed by atoms with Gasteiger partial charge in [0.25, 0.3) is 0 Å². The Balaban J connectivity index is 2.15. The normalized spacial score (nSPS) is 30.6. The monoisotopic (exact) mass is 264 g/mol. The first kappa shape index (κ1) is 14.2. The van der Waals surface area contributed by atoms with E-state index in [0.717, 1.165) is 11.1 Å². The van der Waals surface area contributed by atoms with Gasteiger partial charge in [0.15, 0.2) is 0 Å². The van der Waals surface area contributed by atoms with Gasteiger partial charge in [-0.15, -0.1) is 0 Å². The Kier molecular flexibility index (Phi) is 4.04. The quantitative estimate of drug-likeness (QED) is 0.837. The zero-order valence-corrected chi connectivity index (χ0v) is 11.9. The number of hydrogen-bond donors (Lipinski definition) is 0. The third kappa shape index (κ3) is 2.86. The third-order valence-electron chi connectivity index (χ3n) is 4.29. The van der Waals surface area contributed by atoms with Crippen molar-refractivity contribution < 1.29 is 13.9 Å². The Hall–Kier alpha value is -1.22. The summed E-state index contributed by atoms with van der Waals surface area (Å²) in [5.41, 5.74) is 1.74. The van der Waals surface area contributed by atoms with Crippen LogP contribution in [0.2, 0.25) is 0 Å². The Morgan fingerprint density at radius 3 is 2.53 bits per heavy atom. The van der Waals surface area contributed by atoms with Crippen LogP contribution in [-0.4, -0.2) is 18.0 Å². The summed E-state index contributed by atoms with van der Waals surface area (Å²) in [6.07, 6.45) is 0.350. The lowest BCUT2D eigenvalue weighted by atomic mass is 9.83. The van der Waals surface area contributed by atoms with Gasteiger partial charge in [0.2, 0.25) is 0 Å². The molecule has 1 aromatic carbocycles. The maximum absolute atomic E-state index is 13.3. The first-order valence-electron chi connectivity index (χ1n) is 6.83. The van der Waals surface area contributed by atoms with Crippen LogP contribution in [0.5, 0.6) is 0 Å². The molecule has 19 heavy (non-hydrogen) atoms.